The van der Waals surface area contributed by atoms with Crippen LogP contribution in [0.2, 0.25) is 0 Å². The lowest BCUT2D eigenvalue weighted by Gasteiger charge is -2.23. The van der Waals surface area contributed by atoms with Gasteiger partial charge in [0.15, 0.2) is 5.82 Å². The number of halogens is 2. The highest BCUT2D eigenvalue weighted by Crippen LogP contribution is 2.18. The van der Waals surface area contributed by atoms with Gasteiger partial charge in [-0.3, -0.25) is 4.79 Å². The van der Waals surface area contributed by atoms with Crippen molar-refractivity contribution in [2.45, 2.75) is 25.8 Å². The first kappa shape index (κ1) is 20.4. The molecule has 1 atom stereocenters. The van der Waals surface area contributed by atoms with Crippen LogP contribution >= 0.6 is 24.8 Å². The van der Waals surface area contributed by atoms with Gasteiger partial charge in [0.2, 0.25) is 0 Å². The first-order valence-electron chi connectivity index (χ1n) is 7.68. The van der Waals surface area contributed by atoms with Gasteiger partial charge in [-0.25, -0.2) is 9.67 Å². The van der Waals surface area contributed by atoms with Gasteiger partial charge in [-0.1, -0.05) is 13.0 Å². The van der Waals surface area contributed by atoms with Gasteiger partial charge in [0.25, 0.3) is 5.91 Å². The van der Waals surface area contributed by atoms with Gasteiger partial charge in [-0.05, 0) is 31.5 Å². The highest BCUT2D eigenvalue weighted by Gasteiger charge is 2.27. The number of aromatic nitrogens is 3. The third-order valence-electron chi connectivity index (χ3n) is 4.20. The Kier molecular flexibility index (Phi) is 7.66. The van der Waals surface area contributed by atoms with Gasteiger partial charge < -0.3 is 10.2 Å². The molecule has 24 heavy (non-hydrogen) atoms. The number of rotatable bonds is 4. The summed E-state index contributed by atoms with van der Waals surface area (Å²) in [7, 11) is 1.87. The molecule has 0 saturated carbocycles. The maximum absolute atomic E-state index is 12.8. The molecule has 8 heteroatoms. The third kappa shape index (κ3) is 3.88. The molecule has 0 spiro atoms. The monoisotopic (exact) mass is 371 g/mol. The van der Waals surface area contributed by atoms with Gasteiger partial charge in [0, 0.05) is 25.8 Å². The average molecular weight is 372 g/mol. The van der Waals surface area contributed by atoms with E-state index in [-0.39, 0.29) is 36.8 Å². The topological polar surface area (TPSA) is 63.1 Å². The third-order valence-corrected chi connectivity index (χ3v) is 4.20. The molecule has 0 aromatic carbocycles. The van der Waals surface area contributed by atoms with Crippen molar-refractivity contribution in [2.75, 3.05) is 20.1 Å². The smallest absolute Gasteiger partial charge is 0.257 e. The number of likely N-dealkylation sites (N-methyl/N-ethyl adjacent to an activating group) is 1. The molecule has 2 aromatic rings. The van der Waals surface area contributed by atoms with Crippen molar-refractivity contribution in [3.63, 3.8) is 0 Å². The summed E-state index contributed by atoms with van der Waals surface area (Å²) in [5, 5.41) is 7.67. The molecule has 1 unspecified atom stereocenters. The largest absolute Gasteiger partial charge is 0.337 e. The fourth-order valence-electron chi connectivity index (χ4n) is 2.89. The Morgan fingerprint density at radius 3 is 2.79 bits per heavy atom. The Morgan fingerprint density at radius 1 is 1.42 bits per heavy atom. The van der Waals surface area contributed by atoms with Gasteiger partial charge in [0.1, 0.15) is 0 Å². The molecule has 1 aliphatic heterocycles. The van der Waals surface area contributed by atoms with E-state index in [1.165, 1.54) is 0 Å². The summed E-state index contributed by atoms with van der Waals surface area (Å²) in [4.78, 5) is 18.9. The minimum absolute atomic E-state index is 0. The molecule has 1 aliphatic rings. The molecule has 1 N–H and O–H groups in total. The van der Waals surface area contributed by atoms with Gasteiger partial charge in [0.05, 0.1) is 17.5 Å². The molecule has 132 valence electrons. The molecular weight excluding hydrogens is 349 g/mol. The summed E-state index contributed by atoms with van der Waals surface area (Å²) >= 11 is 0. The Bertz CT molecular complexity index is 656. The molecule has 3 rings (SSSR count). The molecule has 3 heterocycles. The molecule has 0 bridgehead atoms. The van der Waals surface area contributed by atoms with Crippen LogP contribution in [0.4, 0.5) is 0 Å². The zero-order chi connectivity index (χ0) is 15.5. The fraction of sp³-hybridized carbons (Fsp3) is 0.438. The molecular formula is C16H23Cl2N5O. The number of amides is 1. The van der Waals surface area contributed by atoms with Crippen molar-refractivity contribution in [3.8, 4) is 5.82 Å². The van der Waals surface area contributed by atoms with E-state index in [9.17, 15) is 4.79 Å². The molecule has 0 radical (unpaired) electrons. The first-order valence-corrected chi connectivity index (χ1v) is 7.68. The predicted octanol–water partition coefficient (Wildman–Crippen LogP) is 2.11. The van der Waals surface area contributed by atoms with Crippen LogP contribution in [0, 0.1) is 0 Å². The molecule has 1 fully saturated rings. The normalized spacial score (nSPS) is 16.2. The zero-order valence-electron chi connectivity index (χ0n) is 13.8. The quantitative estimate of drug-likeness (QED) is 0.893. The van der Waals surface area contributed by atoms with Crippen LogP contribution in [0.5, 0.6) is 0 Å². The van der Waals surface area contributed by atoms with Crippen molar-refractivity contribution >= 4 is 30.7 Å². The van der Waals surface area contributed by atoms with E-state index < -0.39 is 0 Å². The number of hydrogen-bond acceptors (Lipinski definition) is 4. The maximum atomic E-state index is 12.8. The zero-order valence-corrected chi connectivity index (χ0v) is 15.4. The Morgan fingerprint density at radius 2 is 2.21 bits per heavy atom. The predicted molar refractivity (Wildman–Crippen MR) is 98.6 cm³/mol. The van der Waals surface area contributed by atoms with Crippen molar-refractivity contribution in [2.24, 2.45) is 0 Å². The summed E-state index contributed by atoms with van der Waals surface area (Å²) < 4.78 is 1.76. The highest BCUT2D eigenvalue weighted by molar-refractivity contribution is 5.95. The SMILES string of the molecule is CCc1c(C(=O)N(C)C2CCNC2)cnn1-c1ccccn1.Cl.Cl. The molecule has 1 amide bonds. The Hall–Kier alpha value is -1.63. The van der Waals surface area contributed by atoms with Crippen LogP contribution in [-0.4, -0.2) is 51.8 Å². The lowest BCUT2D eigenvalue weighted by atomic mass is 10.1. The minimum atomic E-state index is 0. The second-order valence-electron chi connectivity index (χ2n) is 5.52. The van der Waals surface area contributed by atoms with E-state index in [2.05, 4.69) is 15.4 Å². The van der Waals surface area contributed by atoms with Crippen LogP contribution < -0.4 is 5.32 Å². The summed E-state index contributed by atoms with van der Waals surface area (Å²) in [6.45, 7) is 3.86. The summed E-state index contributed by atoms with van der Waals surface area (Å²) in [5.74, 6) is 0.774. The molecule has 6 nitrogen and oxygen atoms in total. The van der Waals surface area contributed by atoms with Crippen molar-refractivity contribution < 1.29 is 4.79 Å². The van der Waals surface area contributed by atoms with Gasteiger partial charge in [-0.2, -0.15) is 5.10 Å². The number of nitrogens with zero attached hydrogens (tertiary/aromatic N) is 4. The highest BCUT2D eigenvalue weighted by atomic mass is 35.5. The van der Waals surface area contributed by atoms with Crippen LogP contribution in [-0.2, 0) is 6.42 Å². The van der Waals surface area contributed by atoms with E-state index >= 15 is 0 Å². The van der Waals surface area contributed by atoms with E-state index in [1.807, 2.05) is 37.1 Å². The Labute approximate surface area is 154 Å². The van der Waals surface area contributed by atoms with Gasteiger partial charge in [-0.15, -0.1) is 24.8 Å². The molecule has 0 aliphatic carbocycles. The number of carbonyl (C=O) groups excluding carboxylic acids is 1. The van der Waals surface area contributed by atoms with E-state index in [4.69, 9.17) is 0 Å². The van der Waals surface area contributed by atoms with Crippen LogP contribution in [0.1, 0.15) is 29.4 Å². The van der Waals surface area contributed by atoms with E-state index in [0.717, 1.165) is 37.4 Å². The van der Waals surface area contributed by atoms with Crippen LogP contribution in [0.25, 0.3) is 5.82 Å². The number of pyridine rings is 1. The summed E-state index contributed by atoms with van der Waals surface area (Å²) in [5.41, 5.74) is 1.57. The second-order valence-corrected chi connectivity index (χ2v) is 5.52. The standard InChI is InChI=1S/C16H21N5O.2ClH/c1-3-14-13(16(22)20(2)12-7-9-17-10-12)11-19-21(14)15-6-4-5-8-18-15;;/h4-6,8,11-12,17H,3,7,9-10H2,1-2H3;2*1H. The minimum Gasteiger partial charge on any atom is -0.337 e. The fourth-order valence-corrected chi connectivity index (χ4v) is 2.89. The van der Waals surface area contributed by atoms with Gasteiger partial charge >= 0.3 is 0 Å². The van der Waals surface area contributed by atoms with Crippen molar-refractivity contribution in [1.82, 2.24) is 25.0 Å². The number of carbonyl (C=O) groups is 1. The second kappa shape index (κ2) is 9.01. The maximum Gasteiger partial charge on any atom is 0.257 e. The van der Waals surface area contributed by atoms with E-state index in [0.29, 0.717) is 5.56 Å². The van der Waals surface area contributed by atoms with Crippen LogP contribution in [0.3, 0.4) is 0 Å². The van der Waals surface area contributed by atoms with Crippen LogP contribution in [0.15, 0.2) is 30.6 Å². The lowest BCUT2D eigenvalue weighted by molar-refractivity contribution is 0.0742. The number of hydrogen-bond donors (Lipinski definition) is 1. The Balaban J connectivity index is 0.00000144. The lowest BCUT2D eigenvalue weighted by Crippen LogP contribution is -2.38. The average Bonchev–Trinajstić information content (AvgIpc) is 3.23. The van der Waals surface area contributed by atoms with Crippen molar-refractivity contribution in [1.29, 1.82) is 0 Å². The molecule has 2 aromatic heterocycles. The summed E-state index contributed by atoms with van der Waals surface area (Å²) in [6.07, 6.45) is 5.12. The van der Waals surface area contributed by atoms with E-state index in [1.54, 1.807) is 17.1 Å². The summed E-state index contributed by atoms with van der Waals surface area (Å²) in [6, 6.07) is 5.94. The number of nitrogens with one attached hydrogen (secondary N) is 1. The first-order chi connectivity index (χ1) is 10.7. The van der Waals surface area contributed by atoms with Crippen molar-refractivity contribution in [3.05, 3.63) is 41.9 Å². The molecule has 1 saturated heterocycles.